The first kappa shape index (κ1) is 19.6. The van der Waals surface area contributed by atoms with Crippen LogP contribution in [-0.2, 0) is 0 Å². The van der Waals surface area contributed by atoms with Gasteiger partial charge < -0.3 is 5.32 Å². The van der Waals surface area contributed by atoms with Crippen LogP contribution < -0.4 is 5.32 Å². The van der Waals surface area contributed by atoms with E-state index in [1.807, 2.05) is 0 Å². The molecule has 0 bridgehead atoms. The van der Waals surface area contributed by atoms with Gasteiger partial charge in [0.25, 0.3) is 0 Å². The van der Waals surface area contributed by atoms with Gasteiger partial charge in [-0.2, -0.15) is 0 Å². The maximum atomic E-state index is 3.66. The van der Waals surface area contributed by atoms with Gasteiger partial charge in [0, 0.05) is 11.7 Å². The lowest BCUT2D eigenvalue weighted by Gasteiger charge is -2.19. The molecule has 0 heterocycles. The van der Waals surface area contributed by atoms with Gasteiger partial charge in [-0.3, -0.25) is 0 Å². The van der Waals surface area contributed by atoms with E-state index in [2.05, 4.69) is 133 Å². The van der Waals surface area contributed by atoms with Gasteiger partial charge >= 0.3 is 0 Å². The van der Waals surface area contributed by atoms with E-state index < -0.39 is 0 Å². The Morgan fingerprint density at radius 3 is 1.76 bits per heavy atom. The summed E-state index contributed by atoms with van der Waals surface area (Å²) in [5.74, 6) is 0. The summed E-state index contributed by atoms with van der Waals surface area (Å²) in [5, 5.41) is 8.79. The van der Waals surface area contributed by atoms with E-state index in [1.54, 1.807) is 0 Å². The molecule has 1 aliphatic rings. The van der Waals surface area contributed by atoms with Crippen LogP contribution in [0.15, 0.2) is 127 Å². The van der Waals surface area contributed by atoms with Gasteiger partial charge in [-0.25, -0.2) is 0 Å². The summed E-state index contributed by atoms with van der Waals surface area (Å²) >= 11 is 0. The summed E-state index contributed by atoms with van der Waals surface area (Å²) < 4.78 is 0. The standard InChI is InChI=1S/C32H25N/c1-3-7-27-21-29(11-9-23(27)5-1)25-13-17-31(18-14-25)33-32-19-15-26(16-20-32)30-12-10-24-6-2-4-8-28(24)22-30/h1-19,21-22,32-33H,20H2. The molecule has 6 rings (SSSR count). The molecule has 0 fully saturated rings. The Morgan fingerprint density at radius 1 is 0.545 bits per heavy atom. The van der Waals surface area contributed by atoms with Crippen molar-refractivity contribution in [1.29, 1.82) is 0 Å². The van der Waals surface area contributed by atoms with Crippen molar-refractivity contribution >= 4 is 32.8 Å². The fraction of sp³-hybridized carbons (Fsp3) is 0.0625. The van der Waals surface area contributed by atoms with Gasteiger partial charge in [0.2, 0.25) is 0 Å². The minimum atomic E-state index is 0.306. The first-order valence-electron chi connectivity index (χ1n) is 11.6. The molecule has 1 unspecified atom stereocenters. The van der Waals surface area contributed by atoms with Crippen molar-refractivity contribution < 1.29 is 0 Å². The summed E-state index contributed by atoms with van der Waals surface area (Å²) in [6.45, 7) is 0. The van der Waals surface area contributed by atoms with Crippen LogP contribution in [0.25, 0.3) is 38.2 Å². The highest BCUT2D eigenvalue weighted by Gasteiger charge is 2.10. The summed E-state index contributed by atoms with van der Waals surface area (Å²) in [6.07, 6.45) is 7.84. The molecule has 0 aromatic heterocycles. The van der Waals surface area contributed by atoms with Crippen molar-refractivity contribution in [2.45, 2.75) is 12.5 Å². The fourth-order valence-corrected chi connectivity index (χ4v) is 4.65. The summed E-state index contributed by atoms with van der Waals surface area (Å²) in [5.41, 5.74) is 6.22. The minimum absolute atomic E-state index is 0.306. The van der Waals surface area contributed by atoms with Crippen LogP contribution in [0.1, 0.15) is 12.0 Å². The van der Waals surface area contributed by atoms with E-state index in [1.165, 1.54) is 43.8 Å². The largest absolute Gasteiger partial charge is 0.379 e. The molecule has 1 N–H and O–H groups in total. The van der Waals surface area contributed by atoms with Crippen molar-refractivity contribution in [3.63, 3.8) is 0 Å². The van der Waals surface area contributed by atoms with Gasteiger partial charge in [0.05, 0.1) is 0 Å². The fourth-order valence-electron chi connectivity index (χ4n) is 4.65. The predicted octanol–water partition coefficient (Wildman–Crippen LogP) is 8.48. The molecule has 0 saturated carbocycles. The van der Waals surface area contributed by atoms with Crippen molar-refractivity contribution in [1.82, 2.24) is 0 Å². The molecule has 0 aliphatic heterocycles. The van der Waals surface area contributed by atoms with E-state index in [9.17, 15) is 0 Å². The highest BCUT2D eigenvalue weighted by molar-refractivity contribution is 5.89. The highest BCUT2D eigenvalue weighted by atomic mass is 14.9. The second kappa shape index (κ2) is 8.44. The molecule has 5 aromatic rings. The Labute approximate surface area is 194 Å². The number of hydrogen-bond acceptors (Lipinski definition) is 1. The third-order valence-corrected chi connectivity index (χ3v) is 6.50. The number of benzene rings is 5. The van der Waals surface area contributed by atoms with Crippen molar-refractivity contribution in [2.75, 3.05) is 5.32 Å². The molecule has 1 nitrogen and oxygen atoms in total. The molecule has 5 aromatic carbocycles. The average molecular weight is 424 g/mol. The molecule has 1 heteroatoms. The van der Waals surface area contributed by atoms with E-state index >= 15 is 0 Å². The topological polar surface area (TPSA) is 12.0 Å². The number of rotatable bonds is 4. The molecule has 158 valence electrons. The zero-order chi connectivity index (χ0) is 22.0. The third-order valence-electron chi connectivity index (χ3n) is 6.50. The Morgan fingerprint density at radius 2 is 1.12 bits per heavy atom. The van der Waals surface area contributed by atoms with Crippen LogP contribution in [0.4, 0.5) is 5.69 Å². The minimum Gasteiger partial charge on any atom is -0.379 e. The van der Waals surface area contributed by atoms with Gasteiger partial charge in [0.1, 0.15) is 0 Å². The van der Waals surface area contributed by atoms with E-state index in [0.29, 0.717) is 6.04 Å². The molecule has 33 heavy (non-hydrogen) atoms. The SMILES string of the molecule is C1=CC(Nc2ccc(-c3ccc4ccccc4c3)cc2)CC=C1c1ccc2ccccc2c1. The Kier molecular flexibility index (Phi) is 5.01. The lowest BCUT2D eigenvalue weighted by atomic mass is 9.95. The molecule has 0 saturated heterocycles. The van der Waals surface area contributed by atoms with Gasteiger partial charge in [-0.15, -0.1) is 0 Å². The number of fused-ring (bicyclic) bond motifs is 2. The first-order valence-corrected chi connectivity index (χ1v) is 11.6. The molecule has 0 radical (unpaired) electrons. The third kappa shape index (κ3) is 4.06. The lowest BCUT2D eigenvalue weighted by molar-refractivity contribution is 0.886. The summed E-state index contributed by atoms with van der Waals surface area (Å²) in [6, 6.07) is 39.5. The van der Waals surface area contributed by atoms with Crippen LogP contribution in [0.5, 0.6) is 0 Å². The van der Waals surface area contributed by atoms with Gasteiger partial charge in [-0.1, -0.05) is 103 Å². The van der Waals surface area contributed by atoms with E-state index in [0.717, 1.165) is 12.1 Å². The Balaban J connectivity index is 1.14. The van der Waals surface area contributed by atoms with Crippen LogP contribution in [-0.4, -0.2) is 6.04 Å². The summed E-state index contributed by atoms with van der Waals surface area (Å²) in [7, 11) is 0. The van der Waals surface area contributed by atoms with E-state index in [-0.39, 0.29) is 0 Å². The number of nitrogens with one attached hydrogen (secondary N) is 1. The number of allylic oxidation sites excluding steroid dienone is 2. The number of hydrogen-bond donors (Lipinski definition) is 1. The van der Waals surface area contributed by atoms with Crippen LogP contribution in [0, 0.1) is 0 Å². The second-order valence-corrected chi connectivity index (χ2v) is 8.71. The average Bonchev–Trinajstić information content (AvgIpc) is 2.89. The highest BCUT2D eigenvalue weighted by Crippen LogP contribution is 2.28. The van der Waals surface area contributed by atoms with Crippen LogP contribution >= 0.6 is 0 Å². The number of anilines is 1. The molecule has 1 aliphatic carbocycles. The molecular weight excluding hydrogens is 398 g/mol. The van der Waals surface area contributed by atoms with Crippen molar-refractivity contribution in [3.05, 3.63) is 133 Å². The van der Waals surface area contributed by atoms with Crippen LogP contribution in [0.3, 0.4) is 0 Å². The van der Waals surface area contributed by atoms with E-state index in [4.69, 9.17) is 0 Å². The van der Waals surface area contributed by atoms with Crippen LogP contribution in [0.2, 0.25) is 0 Å². The maximum absolute atomic E-state index is 3.66. The zero-order valence-corrected chi connectivity index (χ0v) is 18.4. The maximum Gasteiger partial charge on any atom is 0.0482 e. The predicted molar refractivity (Wildman–Crippen MR) is 142 cm³/mol. The lowest BCUT2D eigenvalue weighted by Crippen LogP contribution is -2.17. The normalized spacial score (nSPS) is 15.5. The van der Waals surface area contributed by atoms with Crippen molar-refractivity contribution in [2.24, 2.45) is 0 Å². The molecule has 1 atom stereocenters. The van der Waals surface area contributed by atoms with Crippen molar-refractivity contribution in [3.8, 4) is 11.1 Å². The quantitative estimate of drug-likeness (QED) is 0.306. The van der Waals surface area contributed by atoms with Gasteiger partial charge in [0.15, 0.2) is 0 Å². The first-order chi connectivity index (χ1) is 16.3. The Bertz CT molecular complexity index is 1510. The zero-order valence-electron chi connectivity index (χ0n) is 18.4. The molecule has 0 spiro atoms. The smallest absolute Gasteiger partial charge is 0.0482 e. The summed E-state index contributed by atoms with van der Waals surface area (Å²) in [4.78, 5) is 0. The molecule has 0 amide bonds. The monoisotopic (exact) mass is 423 g/mol. The second-order valence-electron chi connectivity index (χ2n) is 8.71. The Hall–Kier alpha value is -4.10. The molecular formula is C32H25N. The van der Waals surface area contributed by atoms with Gasteiger partial charge in [-0.05, 0) is 74.5 Å².